The Morgan fingerprint density at radius 2 is 2.06 bits per heavy atom. The lowest BCUT2D eigenvalue weighted by molar-refractivity contribution is 0.192. The van der Waals surface area contributed by atoms with Crippen molar-refractivity contribution in [3.63, 3.8) is 0 Å². The summed E-state index contributed by atoms with van der Waals surface area (Å²) in [4.78, 5) is 8.54. The average molecular weight is 259 g/mol. The fourth-order valence-corrected chi connectivity index (χ4v) is 3.22. The third-order valence-corrected chi connectivity index (χ3v) is 4.69. The van der Waals surface area contributed by atoms with Gasteiger partial charge in [0.15, 0.2) is 5.03 Å². The molecule has 96 valence electrons. The van der Waals surface area contributed by atoms with Crippen LogP contribution in [0.2, 0.25) is 0 Å². The van der Waals surface area contributed by atoms with E-state index in [0.29, 0.717) is 19.6 Å². The minimum atomic E-state index is -3.40. The Morgan fingerprint density at radius 1 is 1.35 bits per heavy atom. The van der Waals surface area contributed by atoms with E-state index in [1.54, 1.807) is 0 Å². The van der Waals surface area contributed by atoms with Gasteiger partial charge in [-0.2, -0.15) is 4.31 Å². The van der Waals surface area contributed by atoms with Crippen LogP contribution in [0.25, 0.3) is 0 Å². The van der Waals surface area contributed by atoms with Crippen LogP contribution in [0.1, 0.15) is 0 Å². The fraction of sp³-hybridized carbons (Fsp3) is 0.667. The zero-order valence-electron chi connectivity index (χ0n) is 9.54. The van der Waals surface area contributed by atoms with Gasteiger partial charge in [-0.1, -0.05) is 0 Å². The predicted octanol–water partition coefficient (Wildman–Crippen LogP) is -1.33. The molecule has 8 heteroatoms. The van der Waals surface area contributed by atoms with Gasteiger partial charge in [-0.25, -0.2) is 13.4 Å². The molecular weight excluding hydrogens is 242 g/mol. The molecule has 0 bridgehead atoms. The van der Waals surface area contributed by atoms with Gasteiger partial charge >= 0.3 is 0 Å². The van der Waals surface area contributed by atoms with Gasteiger partial charge in [0.1, 0.15) is 0 Å². The molecule has 2 heterocycles. The van der Waals surface area contributed by atoms with Crippen LogP contribution in [0.15, 0.2) is 17.6 Å². The first-order valence-electron chi connectivity index (χ1n) is 5.55. The summed E-state index contributed by atoms with van der Waals surface area (Å²) >= 11 is 0. The van der Waals surface area contributed by atoms with Gasteiger partial charge in [-0.3, -0.25) is 4.90 Å². The molecule has 0 aliphatic carbocycles. The number of sulfonamides is 1. The van der Waals surface area contributed by atoms with E-state index in [9.17, 15) is 8.42 Å². The van der Waals surface area contributed by atoms with E-state index in [1.165, 1.54) is 16.8 Å². The zero-order chi connectivity index (χ0) is 12.3. The molecule has 0 saturated carbocycles. The minimum Gasteiger partial charge on any atom is -0.335 e. The molecule has 17 heavy (non-hydrogen) atoms. The summed E-state index contributed by atoms with van der Waals surface area (Å²) in [7, 11) is -3.40. The number of hydrogen-bond acceptors (Lipinski definition) is 5. The van der Waals surface area contributed by atoms with E-state index in [-0.39, 0.29) is 5.03 Å². The molecule has 0 spiro atoms. The molecule has 1 fully saturated rings. The van der Waals surface area contributed by atoms with E-state index in [2.05, 4.69) is 14.9 Å². The number of rotatable bonds is 4. The number of nitrogens with one attached hydrogen (secondary N) is 1. The number of nitrogens with two attached hydrogens (primary N) is 1. The summed E-state index contributed by atoms with van der Waals surface area (Å²) < 4.78 is 25.7. The molecule has 1 aliphatic heterocycles. The number of nitrogens with zero attached hydrogens (tertiary/aromatic N) is 3. The van der Waals surface area contributed by atoms with Crippen LogP contribution >= 0.6 is 0 Å². The highest BCUT2D eigenvalue weighted by molar-refractivity contribution is 7.89. The zero-order valence-corrected chi connectivity index (χ0v) is 10.4. The molecule has 1 aromatic heterocycles. The Hall–Kier alpha value is -0.960. The SMILES string of the molecule is NCCN1CCN(S(=O)(=O)c2cnc[nH]2)CC1. The summed E-state index contributed by atoms with van der Waals surface area (Å²) in [5.74, 6) is 0. The number of aromatic amines is 1. The first-order chi connectivity index (χ1) is 8.14. The topological polar surface area (TPSA) is 95.3 Å². The third kappa shape index (κ3) is 2.65. The molecule has 3 N–H and O–H groups in total. The largest absolute Gasteiger partial charge is 0.335 e. The van der Waals surface area contributed by atoms with Crippen molar-refractivity contribution < 1.29 is 8.42 Å². The van der Waals surface area contributed by atoms with Crippen molar-refractivity contribution in [2.45, 2.75) is 5.03 Å². The Balaban J connectivity index is 2.01. The lowest BCUT2D eigenvalue weighted by atomic mass is 10.3. The molecule has 7 nitrogen and oxygen atoms in total. The van der Waals surface area contributed by atoms with Gasteiger partial charge in [-0.05, 0) is 0 Å². The summed E-state index contributed by atoms with van der Waals surface area (Å²) in [6.07, 6.45) is 2.71. The van der Waals surface area contributed by atoms with Gasteiger partial charge in [0.05, 0.1) is 12.5 Å². The molecule has 1 saturated heterocycles. The highest BCUT2D eigenvalue weighted by atomic mass is 32.2. The van der Waals surface area contributed by atoms with Crippen LogP contribution in [0.5, 0.6) is 0 Å². The molecule has 0 unspecified atom stereocenters. The lowest BCUT2D eigenvalue weighted by Gasteiger charge is -2.33. The monoisotopic (exact) mass is 259 g/mol. The highest BCUT2D eigenvalue weighted by Crippen LogP contribution is 2.14. The normalized spacial score (nSPS) is 19.6. The van der Waals surface area contributed by atoms with E-state index in [4.69, 9.17) is 5.73 Å². The maximum atomic E-state index is 12.1. The molecule has 0 amide bonds. The number of aromatic nitrogens is 2. The van der Waals surface area contributed by atoms with E-state index >= 15 is 0 Å². The quantitative estimate of drug-likeness (QED) is 0.699. The Bertz CT molecular complexity index is 436. The van der Waals surface area contributed by atoms with E-state index < -0.39 is 10.0 Å². The third-order valence-electron chi connectivity index (χ3n) is 2.87. The summed E-state index contributed by atoms with van der Waals surface area (Å²) in [6, 6.07) is 0. The van der Waals surface area contributed by atoms with Crippen molar-refractivity contribution in [2.75, 3.05) is 39.3 Å². The molecule has 1 aliphatic rings. The summed E-state index contributed by atoms with van der Waals surface area (Å²) in [6.45, 7) is 3.88. The van der Waals surface area contributed by atoms with Crippen molar-refractivity contribution in [1.29, 1.82) is 0 Å². The second-order valence-electron chi connectivity index (χ2n) is 3.95. The molecular formula is C9H17N5O2S. The van der Waals surface area contributed by atoms with Crippen molar-refractivity contribution in [3.05, 3.63) is 12.5 Å². The molecule has 1 aromatic rings. The number of H-pyrrole nitrogens is 1. The van der Waals surface area contributed by atoms with Gasteiger partial charge < -0.3 is 10.7 Å². The summed E-state index contributed by atoms with van der Waals surface area (Å²) in [5, 5.41) is 0.157. The van der Waals surface area contributed by atoms with Gasteiger partial charge in [-0.15, -0.1) is 0 Å². The van der Waals surface area contributed by atoms with Crippen LogP contribution in [0.3, 0.4) is 0 Å². The second-order valence-corrected chi connectivity index (χ2v) is 5.86. The smallest absolute Gasteiger partial charge is 0.260 e. The van der Waals surface area contributed by atoms with Crippen molar-refractivity contribution in [3.8, 4) is 0 Å². The molecule has 0 radical (unpaired) electrons. The maximum Gasteiger partial charge on any atom is 0.260 e. The number of imidazole rings is 1. The van der Waals surface area contributed by atoms with Crippen LogP contribution in [-0.4, -0.2) is 66.9 Å². The van der Waals surface area contributed by atoms with Gasteiger partial charge in [0.25, 0.3) is 10.0 Å². The molecule has 2 rings (SSSR count). The summed E-state index contributed by atoms with van der Waals surface area (Å²) in [5.41, 5.74) is 5.47. The Morgan fingerprint density at radius 3 is 2.59 bits per heavy atom. The van der Waals surface area contributed by atoms with Crippen molar-refractivity contribution >= 4 is 10.0 Å². The second kappa shape index (κ2) is 5.13. The van der Waals surface area contributed by atoms with Crippen LogP contribution in [-0.2, 0) is 10.0 Å². The number of hydrogen-bond donors (Lipinski definition) is 2. The fourth-order valence-electron chi connectivity index (χ4n) is 1.90. The van der Waals surface area contributed by atoms with Gasteiger partial charge in [0, 0.05) is 39.3 Å². The first kappa shape index (κ1) is 12.5. The van der Waals surface area contributed by atoms with E-state index in [0.717, 1.165) is 19.6 Å². The van der Waals surface area contributed by atoms with Crippen LogP contribution in [0, 0.1) is 0 Å². The highest BCUT2D eigenvalue weighted by Gasteiger charge is 2.28. The first-order valence-corrected chi connectivity index (χ1v) is 6.99. The maximum absolute atomic E-state index is 12.1. The van der Waals surface area contributed by atoms with Crippen molar-refractivity contribution in [2.24, 2.45) is 5.73 Å². The minimum absolute atomic E-state index is 0.157. The van der Waals surface area contributed by atoms with Crippen LogP contribution in [0.4, 0.5) is 0 Å². The Kier molecular flexibility index (Phi) is 3.77. The molecule has 0 aromatic carbocycles. The lowest BCUT2D eigenvalue weighted by Crippen LogP contribution is -2.49. The average Bonchev–Trinajstić information content (AvgIpc) is 2.84. The van der Waals surface area contributed by atoms with Crippen molar-refractivity contribution in [1.82, 2.24) is 19.2 Å². The van der Waals surface area contributed by atoms with Crippen LogP contribution < -0.4 is 5.73 Å². The number of piperazine rings is 1. The van der Waals surface area contributed by atoms with Gasteiger partial charge in [0.2, 0.25) is 0 Å². The standard InChI is InChI=1S/C9H17N5O2S/c10-1-2-13-3-5-14(6-4-13)17(15,16)9-7-11-8-12-9/h7-8H,1-6,10H2,(H,11,12). The molecule has 0 atom stereocenters. The Labute approximate surface area is 101 Å². The predicted molar refractivity (Wildman–Crippen MR) is 62.8 cm³/mol. The van der Waals surface area contributed by atoms with E-state index in [1.807, 2.05) is 0 Å².